The molecule has 0 bridgehead atoms. The maximum absolute atomic E-state index is 14.0. The van der Waals surface area contributed by atoms with Gasteiger partial charge in [0.15, 0.2) is 0 Å². The highest BCUT2D eigenvalue weighted by Crippen LogP contribution is 2.43. The molecule has 0 saturated heterocycles. The number of carboxylic acid groups (broad SMARTS) is 1. The van der Waals surface area contributed by atoms with E-state index >= 15 is 0 Å². The van der Waals surface area contributed by atoms with Gasteiger partial charge in [0.1, 0.15) is 23.0 Å². The highest BCUT2D eigenvalue weighted by atomic mass is 32.2. The van der Waals surface area contributed by atoms with Gasteiger partial charge in [0.2, 0.25) is 5.83 Å². The zero-order valence-corrected chi connectivity index (χ0v) is 21.2. The Morgan fingerprint density at radius 1 is 1.31 bits per heavy atom. The van der Waals surface area contributed by atoms with E-state index in [1.807, 2.05) is 35.2 Å². The largest absolute Gasteiger partial charge is 0.476 e. The minimum absolute atomic E-state index is 0.137. The summed E-state index contributed by atoms with van der Waals surface area (Å²) in [5.74, 6) is -3.09. The predicted octanol–water partition coefficient (Wildman–Crippen LogP) is 3.83. The topological polar surface area (TPSA) is 70.1 Å². The molecule has 1 heterocycles. The molecule has 6 radical (unpaired) electrons. The summed E-state index contributed by atoms with van der Waals surface area (Å²) < 4.78 is 34.3. The van der Waals surface area contributed by atoms with E-state index in [4.69, 9.17) is 33.4 Å². The number of nitrogens with zero attached hydrogens (tertiary/aromatic N) is 2. The Bertz CT molecular complexity index is 1120. The summed E-state index contributed by atoms with van der Waals surface area (Å²) in [6.45, 7) is 2.47. The lowest BCUT2D eigenvalue weighted by Crippen LogP contribution is -2.57. The molecule has 35 heavy (non-hydrogen) atoms. The Labute approximate surface area is 216 Å². The Morgan fingerprint density at radius 3 is 2.57 bits per heavy atom. The number of hydrogen-bond acceptors (Lipinski definition) is 5. The number of thioether (sulfide) groups is 1. The lowest BCUT2D eigenvalue weighted by molar-refractivity contribution is -0.134. The number of para-hydroxylation sites is 1. The van der Waals surface area contributed by atoms with Crippen LogP contribution in [0.3, 0.4) is 0 Å². The van der Waals surface area contributed by atoms with Crippen LogP contribution in [-0.2, 0) is 15.8 Å². The molecule has 6 nitrogen and oxygen atoms in total. The summed E-state index contributed by atoms with van der Waals surface area (Å²) in [6.07, 6.45) is 4.71. The monoisotopic (exact) mass is 508 g/mol. The molecule has 3 rings (SSSR count). The highest BCUT2D eigenvalue weighted by Gasteiger charge is 2.39. The third-order valence-electron chi connectivity index (χ3n) is 5.46. The molecule has 0 amide bonds. The molecule has 2 aromatic carbocycles. The van der Waals surface area contributed by atoms with E-state index in [-0.39, 0.29) is 11.8 Å². The summed E-state index contributed by atoms with van der Waals surface area (Å²) >= 11 is 1.32. The molecule has 2 unspecified atom stereocenters. The van der Waals surface area contributed by atoms with E-state index in [2.05, 4.69) is 6.92 Å². The van der Waals surface area contributed by atoms with Crippen LogP contribution in [0.25, 0.3) is 0 Å². The van der Waals surface area contributed by atoms with E-state index in [0.29, 0.717) is 34.7 Å². The third-order valence-corrected chi connectivity index (χ3v) is 7.90. The maximum atomic E-state index is 14.0. The minimum Gasteiger partial charge on any atom is -0.476 e. The number of rotatable bonds is 9. The van der Waals surface area contributed by atoms with Crippen LogP contribution in [-0.4, -0.2) is 67.2 Å². The van der Waals surface area contributed by atoms with Crippen LogP contribution in [0.5, 0.6) is 5.75 Å². The first-order valence-corrected chi connectivity index (χ1v) is 13.3. The van der Waals surface area contributed by atoms with Crippen molar-refractivity contribution in [2.24, 2.45) is 0 Å². The summed E-state index contributed by atoms with van der Waals surface area (Å²) in [6, 6.07) is 12.5. The lowest BCUT2D eigenvalue weighted by Gasteiger charge is -2.41. The molecular formula is C23H24B3FN2O4S2. The number of carboxylic acids is 1. The van der Waals surface area contributed by atoms with Crippen molar-refractivity contribution < 1.29 is 23.2 Å². The quantitative estimate of drug-likeness (QED) is 0.241. The predicted molar refractivity (Wildman–Crippen MR) is 141 cm³/mol. The van der Waals surface area contributed by atoms with Gasteiger partial charge in [0.25, 0.3) is 0 Å². The fourth-order valence-electron chi connectivity index (χ4n) is 3.88. The van der Waals surface area contributed by atoms with Crippen molar-refractivity contribution in [1.82, 2.24) is 4.31 Å². The van der Waals surface area contributed by atoms with Crippen molar-refractivity contribution >= 4 is 63.6 Å². The SMILES string of the molecule is [B]C([B])([B])N1C(CCCC)CN(c2ccccc2)c2cc(SC)c(O/C=C(\F)C(=O)O)cc2S1=O. The van der Waals surface area contributed by atoms with Crippen molar-refractivity contribution in [3.8, 4) is 5.75 Å². The average molecular weight is 508 g/mol. The second kappa shape index (κ2) is 11.7. The summed E-state index contributed by atoms with van der Waals surface area (Å²) in [7, 11) is 16.4. The van der Waals surface area contributed by atoms with E-state index in [0.717, 1.165) is 18.5 Å². The summed E-state index contributed by atoms with van der Waals surface area (Å²) in [4.78, 5) is 13.8. The zero-order valence-electron chi connectivity index (χ0n) is 19.5. The van der Waals surface area contributed by atoms with Crippen LogP contribution >= 0.6 is 11.8 Å². The lowest BCUT2D eigenvalue weighted by atomic mass is 9.49. The molecule has 178 valence electrons. The molecule has 1 aliphatic rings. The van der Waals surface area contributed by atoms with Gasteiger partial charge in [-0.05, 0) is 30.9 Å². The molecule has 2 aromatic rings. The van der Waals surface area contributed by atoms with Crippen LogP contribution in [0.15, 0.2) is 64.3 Å². The molecule has 0 saturated carbocycles. The molecule has 2 atom stereocenters. The number of fused-ring (bicyclic) bond motifs is 1. The molecular weight excluding hydrogens is 484 g/mol. The van der Waals surface area contributed by atoms with Crippen molar-refractivity contribution in [1.29, 1.82) is 0 Å². The van der Waals surface area contributed by atoms with E-state index in [9.17, 15) is 13.4 Å². The Morgan fingerprint density at radius 2 is 2.00 bits per heavy atom. The van der Waals surface area contributed by atoms with E-state index < -0.39 is 28.0 Å². The van der Waals surface area contributed by atoms with Crippen LogP contribution in [0, 0.1) is 0 Å². The van der Waals surface area contributed by atoms with Crippen molar-refractivity contribution in [3.63, 3.8) is 0 Å². The molecule has 0 spiro atoms. The smallest absolute Gasteiger partial charge is 0.368 e. The first-order valence-electron chi connectivity index (χ1n) is 11.0. The molecule has 0 fully saturated rings. The highest BCUT2D eigenvalue weighted by molar-refractivity contribution is 7.98. The third kappa shape index (κ3) is 6.34. The number of unbranched alkanes of at least 4 members (excludes halogenated alkanes) is 1. The summed E-state index contributed by atoms with van der Waals surface area (Å²) in [5.41, 5.74) is 1.49. The van der Waals surface area contributed by atoms with Crippen LogP contribution in [0.1, 0.15) is 26.2 Å². The number of carbonyl (C=O) groups is 1. The van der Waals surface area contributed by atoms with E-state index in [1.165, 1.54) is 22.1 Å². The Balaban J connectivity index is 2.23. The van der Waals surface area contributed by atoms with Gasteiger partial charge in [-0.15, -0.1) is 11.8 Å². The second-order valence-electron chi connectivity index (χ2n) is 8.06. The minimum atomic E-state index is -1.91. The zero-order chi connectivity index (χ0) is 25.8. The second-order valence-corrected chi connectivity index (χ2v) is 10.2. The maximum Gasteiger partial charge on any atom is 0.368 e. The van der Waals surface area contributed by atoms with Gasteiger partial charge in [-0.2, -0.15) is 4.39 Å². The van der Waals surface area contributed by atoms with Gasteiger partial charge in [-0.25, -0.2) is 13.3 Å². The fraction of sp³-hybridized carbons (Fsp3) is 0.348. The average Bonchev–Trinajstić information content (AvgIpc) is 2.94. The van der Waals surface area contributed by atoms with E-state index in [1.54, 1.807) is 12.3 Å². The van der Waals surface area contributed by atoms with Gasteiger partial charge in [0.05, 0.1) is 39.0 Å². The molecule has 12 heteroatoms. The van der Waals surface area contributed by atoms with Gasteiger partial charge >= 0.3 is 5.97 Å². The number of ether oxygens (including phenoxy) is 1. The van der Waals surface area contributed by atoms with Crippen LogP contribution < -0.4 is 9.64 Å². The van der Waals surface area contributed by atoms with Crippen molar-refractivity contribution in [3.05, 3.63) is 54.6 Å². The summed E-state index contributed by atoms with van der Waals surface area (Å²) in [5, 5.41) is 6.92. The van der Waals surface area contributed by atoms with Crippen molar-refractivity contribution in [2.45, 2.75) is 47.3 Å². The number of hydrogen-bond donors (Lipinski definition) is 1. The molecule has 0 aromatic heterocycles. The van der Waals surface area contributed by atoms with Crippen LogP contribution in [0.4, 0.5) is 15.8 Å². The van der Waals surface area contributed by atoms with Gasteiger partial charge in [-0.3, -0.25) is 0 Å². The van der Waals surface area contributed by atoms with Gasteiger partial charge in [-0.1, -0.05) is 43.2 Å². The number of anilines is 2. The molecule has 1 aliphatic heterocycles. The first kappa shape index (κ1) is 27.4. The first-order chi connectivity index (χ1) is 16.6. The Hall–Kier alpha value is -2.17. The van der Waals surface area contributed by atoms with Gasteiger partial charge < -0.3 is 14.7 Å². The van der Waals surface area contributed by atoms with Crippen molar-refractivity contribution in [2.75, 3.05) is 17.7 Å². The number of halogens is 1. The standard InChI is InChI=1S/C23H24B3FN2O4S2/c1-3-4-8-16-13-28(15-9-6-5-7-10-15)18-11-20(34-2)19(33-14-17(27)22(30)31)12-21(18)35(32)29(16)23(24,25)26/h5-7,9-12,14,16H,3-4,8,13H2,1-2H3,(H,30,31)/b17-14-. The number of aliphatic carboxylic acids is 1. The normalized spacial score (nSPS) is 19.2. The fourth-order valence-corrected chi connectivity index (χ4v) is 5.92. The number of benzene rings is 2. The Kier molecular flexibility index (Phi) is 9.18. The molecule has 1 N–H and O–H groups in total. The van der Waals surface area contributed by atoms with Gasteiger partial charge in [0, 0.05) is 24.3 Å². The van der Waals surface area contributed by atoms with Crippen LogP contribution in [0.2, 0.25) is 0 Å². The molecule has 0 aliphatic carbocycles.